The molecule has 0 aromatic heterocycles. The fourth-order valence-electron chi connectivity index (χ4n) is 2.72. The van der Waals surface area contributed by atoms with Crippen molar-refractivity contribution in [1.29, 1.82) is 0 Å². The SMILES string of the molecule is COC(=O)C(C)Sc1ccccc1C(=O)NCC(c1ccccc1)N(C)C. The zero-order valence-electron chi connectivity index (χ0n) is 16.1. The number of nitrogens with zero attached hydrogens (tertiary/aromatic N) is 1. The van der Waals surface area contributed by atoms with Gasteiger partial charge in [0.05, 0.1) is 18.7 Å². The Kier molecular flexibility index (Phi) is 7.88. The lowest BCUT2D eigenvalue weighted by molar-refractivity contribution is -0.139. The second-order valence-electron chi connectivity index (χ2n) is 6.38. The lowest BCUT2D eigenvalue weighted by Gasteiger charge is -2.25. The Hall–Kier alpha value is -2.31. The first-order valence-electron chi connectivity index (χ1n) is 8.77. The molecule has 0 fully saturated rings. The Bertz CT molecular complexity index is 765. The predicted molar refractivity (Wildman–Crippen MR) is 109 cm³/mol. The van der Waals surface area contributed by atoms with Crippen molar-refractivity contribution >= 4 is 23.6 Å². The molecule has 6 heteroatoms. The number of hydrogen-bond donors (Lipinski definition) is 1. The summed E-state index contributed by atoms with van der Waals surface area (Å²) in [4.78, 5) is 27.3. The summed E-state index contributed by atoms with van der Waals surface area (Å²) in [7, 11) is 5.35. The van der Waals surface area contributed by atoms with Crippen LogP contribution in [-0.4, -0.2) is 49.8 Å². The maximum Gasteiger partial charge on any atom is 0.318 e. The number of carbonyl (C=O) groups excluding carboxylic acids is 2. The van der Waals surface area contributed by atoms with Crippen LogP contribution in [0.15, 0.2) is 59.5 Å². The molecule has 0 spiro atoms. The molecule has 1 N–H and O–H groups in total. The van der Waals surface area contributed by atoms with Gasteiger partial charge < -0.3 is 15.0 Å². The highest BCUT2D eigenvalue weighted by molar-refractivity contribution is 8.00. The van der Waals surface area contributed by atoms with Gasteiger partial charge in [0.15, 0.2) is 0 Å². The van der Waals surface area contributed by atoms with E-state index in [1.54, 1.807) is 13.0 Å². The zero-order chi connectivity index (χ0) is 19.8. The molecule has 2 rings (SSSR count). The average molecular weight is 387 g/mol. The molecular weight excluding hydrogens is 360 g/mol. The van der Waals surface area contributed by atoms with Gasteiger partial charge in [0.2, 0.25) is 0 Å². The highest BCUT2D eigenvalue weighted by atomic mass is 32.2. The lowest BCUT2D eigenvalue weighted by Crippen LogP contribution is -2.34. The summed E-state index contributed by atoms with van der Waals surface area (Å²) in [6.45, 7) is 2.25. The Labute approximate surface area is 165 Å². The van der Waals surface area contributed by atoms with Crippen molar-refractivity contribution in [2.45, 2.75) is 23.1 Å². The van der Waals surface area contributed by atoms with Crippen LogP contribution in [0.5, 0.6) is 0 Å². The van der Waals surface area contributed by atoms with E-state index >= 15 is 0 Å². The monoisotopic (exact) mass is 386 g/mol. The molecule has 2 atom stereocenters. The van der Waals surface area contributed by atoms with Crippen LogP contribution in [0.2, 0.25) is 0 Å². The van der Waals surface area contributed by atoms with E-state index in [2.05, 4.69) is 22.3 Å². The van der Waals surface area contributed by atoms with Gasteiger partial charge in [-0.3, -0.25) is 9.59 Å². The number of amides is 1. The molecule has 1 amide bonds. The van der Waals surface area contributed by atoms with Crippen molar-refractivity contribution in [3.63, 3.8) is 0 Å². The number of ether oxygens (including phenoxy) is 1. The third kappa shape index (κ3) is 5.84. The van der Waals surface area contributed by atoms with Crippen LogP contribution in [-0.2, 0) is 9.53 Å². The van der Waals surface area contributed by atoms with Gasteiger partial charge >= 0.3 is 5.97 Å². The van der Waals surface area contributed by atoms with E-state index in [1.165, 1.54) is 18.9 Å². The highest BCUT2D eigenvalue weighted by Crippen LogP contribution is 2.27. The van der Waals surface area contributed by atoms with Crippen molar-refractivity contribution < 1.29 is 14.3 Å². The number of carbonyl (C=O) groups is 2. The fraction of sp³-hybridized carbons (Fsp3) is 0.333. The minimum atomic E-state index is -0.386. The molecule has 0 saturated carbocycles. The van der Waals surface area contributed by atoms with Crippen molar-refractivity contribution in [3.8, 4) is 0 Å². The van der Waals surface area contributed by atoms with Gasteiger partial charge in [-0.25, -0.2) is 0 Å². The fourth-order valence-corrected chi connectivity index (χ4v) is 3.74. The van der Waals surface area contributed by atoms with Crippen LogP contribution in [0.3, 0.4) is 0 Å². The van der Waals surface area contributed by atoms with E-state index in [1.807, 2.05) is 50.5 Å². The number of likely N-dealkylation sites (N-methyl/N-ethyl adjacent to an activating group) is 1. The van der Waals surface area contributed by atoms with E-state index in [0.717, 1.165) is 10.5 Å². The van der Waals surface area contributed by atoms with Crippen molar-refractivity contribution in [3.05, 3.63) is 65.7 Å². The number of esters is 1. The van der Waals surface area contributed by atoms with Crippen LogP contribution in [0.4, 0.5) is 0 Å². The van der Waals surface area contributed by atoms with Gasteiger partial charge in [-0.2, -0.15) is 0 Å². The minimum absolute atomic E-state index is 0.0731. The highest BCUT2D eigenvalue weighted by Gasteiger charge is 2.20. The number of thioether (sulfide) groups is 1. The summed E-state index contributed by atoms with van der Waals surface area (Å²) >= 11 is 1.32. The van der Waals surface area contributed by atoms with Crippen LogP contribution >= 0.6 is 11.8 Å². The van der Waals surface area contributed by atoms with Crippen LogP contribution in [0.1, 0.15) is 28.9 Å². The second kappa shape index (κ2) is 10.1. The molecule has 2 aromatic rings. The van der Waals surface area contributed by atoms with Gasteiger partial charge in [0, 0.05) is 11.4 Å². The first-order valence-corrected chi connectivity index (χ1v) is 9.65. The normalized spacial score (nSPS) is 13.1. The van der Waals surface area contributed by atoms with Gasteiger partial charge in [-0.15, -0.1) is 11.8 Å². The summed E-state index contributed by atoms with van der Waals surface area (Å²) in [6.07, 6.45) is 0. The van der Waals surface area contributed by atoms with E-state index in [4.69, 9.17) is 4.74 Å². The Morgan fingerprint density at radius 1 is 1.07 bits per heavy atom. The molecular formula is C21H26N2O3S. The third-order valence-electron chi connectivity index (χ3n) is 4.23. The maximum absolute atomic E-state index is 12.8. The average Bonchev–Trinajstić information content (AvgIpc) is 2.68. The summed E-state index contributed by atoms with van der Waals surface area (Å²) in [5, 5.41) is 2.64. The first kappa shape index (κ1) is 21.0. The predicted octanol–water partition coefficient (Wildman–Crippen LogP) is 3.37. The van der Waals surface area contributed by atoms with Crippen LogP contribution < -0.4 is 5.32 Å². The molecule has 2 unspecified atom stereocenters. The molecule has 27 heavy (non-hydrogen) atoms. The smallest absolute Gasteiger partial charge is 0.318 e. The van der Waals surface area contributed by atoms with Gasteiger partial charge in [-0.1, -0.05) is 42.5 Å². The Balaban J connectivity index is 2.10. The molecule has 5 nitrogen and oxygen atoms in total. The summed E-state index contributed by atoms with van der Waals surface area (Å²) < 4.78 is 4.77. The number of hydrogen-bond acceptors (Lipinski definition) is 5. The first-order chi connectivity index (χ1) is 12.9. The van der Waals surface area contributed by atoms with Crippen molar-refractivity contribution in [1.82, 2.24) is 10.2 Å². The lowest BCUT2D eigenvalue weighted by atomic mass is 10.1. The standard InChI is InChI=1S/C21H26N2O3S/c1-15(21(25)26-4)27-19-13-9-8-12-17(19)20(24)22-14-18(23(2)3)16-10-6-5-7-11-16/h5-13,15,18H,14H2,1-4H3,(H,22,24). The summed E-state index contributed by atoms with van der Waals surface area (Å²) in [5.74, 6) is -0.468. The topological polar surface area (TPSA) is 58.6 Å². The zero-order valence-corrected chi connectivity index (χ0v) is 17.0. The third-order valence-corrected chi connectivity index (χ3v) is 5.39. The Morgan fingerprint density at radius 3 is 2.33 bits per heavy atom. The number of benzene rings is 2. The number of nitrogens with one attached hydrogen (secondary N) is 1. The molecule has 0 heterocycles. The molecule has 0 aliphatic heterocycles. The molecule has 2 aromatic carbocycles. The molecule has 0 bridgehead atoms. The van der Waals surface area contributed by atoms with Crippen LogP contribution in [0, 0.1) is 0 Å². The van der Waals surface area contributed by atoms with Gasteiger partial charge in [0.25, 0.3) is 5.91 Å². The number of rotatable bonds is 8. The molecule has 0 saturated heterocycles. The van der Waals surface area contributed by atoms with Crippen molar-refractivity contribution in [2.24, 2.45) is 0 Å². The second-order valence-corrected chi connectivity index (χ2v) is 7.76. The summed E-state index contributed by atoms with van der Waals surface area (Å²) in [6, 6.07) is 17.4. The Morgan fingerprint density at radius 2 is 1.70 bits per heavy atom. The molecule has 0 aliphatic carbocycles. The maximum atomic E-state index is 12.8. The molecule has 0 radical (unpaired) electrons. The quantitative estimate of drug-likeness (QED) is 0.557. The van der Waals surface area contributed by atoms with E-state index in [9.17, 15) is 9.59 Å². The van der Waals surface area contributed by atoms with E-state index in [-0.39, 0.29) is 23.2 Å². The van der Waals surface area contributed by atoms with Crippen LogP contribution in [0.25, 0.3) is 0 Å². The molecule has 0 aliphatic rings. The van der Waals surface area contributed by atoms with Gasteiger partial charge in [-0.05, 0) is 38.7 Å². The minimum Gasteiger partial charge on any atom is -0.468 e. The largest absolute Gasteiger partial charge is 0.468 e. The van der Waals surface area contributed by atoms with E-state index < -0.39 is 0 Å². The van der Waals surface area contributed by atoms with E-state index in [0.29, 0.717) is 12.1 Å². The van der Waals surface area contributed by atoms with Gasteiger partial charge in [0.1, 0.15) is 5.25 Å². The van der Waals surface area contributed by atoms with Crippen molar-refractivity contribution in [2.75, 3.05) is 27.7 Å². The summed E-state index contributed by atoms with van der Waals surface area (Å²) in [5.41, 5.74) is 1.70. The molecule has 144 valence electrons. The number of methoxy groups -OCH3 is 1.